The van der Waals surface area contributed by atoms with E-state index in [-0.39, 0.29) is 30.2 Å². The largest absolute Gasteiger partial charge is 0.466 e. The van der Waals surface area contributed by atoms with Crippen molar-refractivity contribution < 1.29 is 19.1 Å². The van der Waals surface area contributed by atoms with Crippen LogP contribution in [0.1, 0.15) is 41.0 Å². The minimum atomic E-state index is -0.309. The molecule has 1 aromatic rings. The summed E-state index contributed by atoms with van der Waals surface area (Å²) in [6.45, 7) is 3.96. The topological polar surface area (TPSA) is 75.7 Å². The molecule has 0 fully saturated rings. The van der Waals surface area contributed by atoms with E-state index in [4.69, 9.17) is 4.74 Å². The van der Waals surface area contributed by atoms with Crippen molar-refractivity contribution in [3.05, 3.63) is 29.3 Å². The molecule has 6 heteroatoms. The number of carbonyl (C=O) groups excluding carboxylic acids is 3. The molecule has 0 saturated carbocycles. The van der Waals surface area contributed by atoms with Crippen LogP contribution in [0, 0.1) is 0 Å². The molecule has 1 N–H and O–H groups in total. The summed E-state index contributed by atoms with van der Waals surface area (Å²) >= 11 is 0. The molecule has 0 radical (unpaired) electrons. The second-order valence-electron chi connectivity index (χ2n) is 4.98. The Morgan fingerprint density at radius 1 is 1.29 bits per heavy atom. The number of benzene rings is 1. The summed E-state index contributed by atoms with van der Waals surface area (Å²) < 4.78 is 4.89. The van der Waals surface area contributed by atoms with Crippen LogP contribution in [0.15, 0.2) is 18.2 Å². The maximum Gasteiger partial charge on any atom is 0.307 e. The Balaban J connectivity index is 2.08. The van der Waals surface area contributed by atoms with E-state index < -0.39 is 0 Å². The Kier molecular flexibility index (Phi) is 4.26. The van der Waals surface area contributed by atoms with Crippen LogP contribution in [-0.4, -0.2) is 42.4 Å². The molecule has 2 rings (SSSR count). The number of carbonyl (C=O) groups is 3. The maximum atomic E-state index is 11.9. The molecular formula is C15H18N2O4. The molecule has 0 spiro atoms. The van der Waals surface area contributed by atoms with E-state index in [2.05, 4.69) is 5.32 Å². The number of hydrogen-bond donors (Lipinski definition) is 1. The van der Waals surface area contributed by atoms with E-state index in [9.17, 15) is 14.4 Å². The van der Waals surface area contributed by atoms with Crippen molar-refractivity contribution >= 4 is 23.5 Å². The third-order valence-corrected chi connectivity index (χ3v) is 3.28. The van der Waals surface area contributed by atoms with E-state index in [0.717, 1.165) is 4.90 Å². The zero-order chi connectivity index (χ0) is 15.6. The SMILES string of the molecule is CCOC(=O)CC(C)Nc1ccc2c(c1)C(=O)N(C)C2=O. The molecule has 1 aromatic carbocycles. The third-order valence-electron chi connectivity index (χ3n) is 3.28. The lowest BCUT2D eigenvalue weighted by molar-refractivity contribution is -0.143. The Morgan fingerprint density at radius 3 is 2.62 bits per heavy atom. The molecule has 6 nitrogen and oxygen atoms in total. The Labute approximate surface area is 123 Å². The van der Waals surface area contributed by atoms with Gasteiger partial charge >= 0.3 is 5.97 Å². The van der Waals surface area contributed by atoms with E-state index >= 15 is 0 Å². The summed E-state index contributed by atoms with van der Waals surface area (Å²) in [5, 5.41) is 3.13. The van der Waals surface area contributed by atoms with Crippen LogP contribution in [0.25, 0.3) is 0 Å². The number of hydrogen-bond acceptors (Lipinski definition) is 5. The van der Waals surface area contributed by atoms with Crippen molar-refractivity contribution in [3.63, 3.8) is 0 Å². The molecule has 1 aliphatic rings. The highest BCUT2D eigenvalue weighted by Crippen LogP contribution is 2.25. The molecule has 21 heavy (non-hydrogen) atoms. The van der Waals surface area contributed by atoms with Crippen LogP contribution in [-0.2, 0) is 9.53 Å². The van der Waals surface area contributed by atoms with Crippen molar-refractivity contribution in [1.29, 1.82) is 0 Å². The Morgan fingerprint density at radius 2 is 1.95 bits per heavy atom. The first-order valence-electron chi connectivity index (χ1n) is 6.82. The first-order valence-corrected chi connectivity index (χ1v) is 6.82. The summed E-state index contributed by atoms with van der Waals surface area (Å²) in [5.41, 5.74) is 1.49. The summed E-state index contributed by atoms with van der Waals surface area (Å²) in [6.07, 6.45) is 0.234. The second-order valence-corrected chi connectivity index (χ2v) is 4.98. The highest BCUT2D eigenvalue weighted by molar-refractivity contribution is 6.21. The van der Waals surface area contributed by atoms with Gasteiger partial charge in [-0.05, 0) is 32.0 Å². The van der Waals surface area contributed by atoms with Gasteiger partial charge in [-0.3, -0.25) is 19.3 Å². The van der Waals surface area contributed by atoms with Gasteiger partial charge in [-0.1, -0.05) is 0 Å². The molecule has 0 aliphatic carbocycles. The van der Waals surface area contributed by atoms with Crippen LogP contribution < -0.4 is 5.32 Å². The molecule has 1 aliphatic heterocycles. The standard InChI is InChI=1S/C15H18N2O4/c1-4-21-13(18)7-9(2)16-10-5-6-11-12(8-10)15(20)17(3)14(11)19/h5-6,8-9,16H,4,7H2,1-3H3. The van der Waals surface area contributed by atoms with E-state index in [0.29, 0.717) is 23.4 Å². The molecule has 0 saturated heterocycles. The predicted molar refractivity (Wildman–Crippen MR) is 77.2 cm³/mol. The van der Waals surface area contributed by atoms with E-state index in [1.807, 2.05) is 6.92 Å². The fourth-order valence-corrected chi connectivity index (χ4v) is 2.26. The number of amides is 2. The average molecular weight is 290 g/mol. The van der Waals surface area contributed by atoms with Crippen molar-refractivity contribution in [1.82, 2.24) is 4.90 Å². The highest BCUT2D eigenvalue weighted by Gasteiger charge is 2.32. The molecule has 0 aromatic heterocycles. The third kappa shape index (κ3) is 3.04. The lowest BCUT2D eigenvalue weighted by Gasteiger charge is -2.14. The van der Waals surface area contributed by atoms with Gasteiger partial charge in [0.15, 0.2) is 0 Å². The highest BCUT2D eigenvalue weighted by atomic mass is 16.5. The van der Waals surface area contributed by atoms with Gasteiger partial charge in [-0.15, -0.1) is 0 Å². The van der Waals surface area contributed by atoms with Crippen molar-refractivity contribution in [3.8, 4) is 0 Å². The zero-order valence-corrected chi connectivity index (χ0v) is 12.3. The summed E-state index contributed by atoms with van der Waals surface area (Å²) in [7, 11) is 1.46. The monoisotopic (exact) mass is 290 g/mol. The van der Waals surface area contributed by atoms with Crippen LogP contribution in [0.4, 0.5) is 5.69 Å². The lowest BCUT2D eigenvalue weighted by Crippen LogP contribution is -2.24. The Bertz CT molecular complexity index is 597. The van der Waals surface area contributed by atoms with Crippen molar-refractivity contribution in [2.75, 3.05) is 19.0 Å². The van der Waals surface area contributed by atoms with Gasteiger partial charge in [0.2, 0.25) is 0 Å². The number of imide groups is 1. The van der Waals surface area contributed by atoms with Gasteiger partial charge in [0.05, 0.1) is 24.2 Å². The number of anilines is 1. The molecule has 2 amide bonds. The number of nitrogens with one attached hydrogen (secondary N) is 1. The predicted octanol–water partition coefficient (Wildman–Crippen LogP) is 1.67. The van der Waals surface area contributed by atoms with E-state index in [1.54, 1.807) is 25.1 Å². The Hall–Kier alpha value is -2.37. The van der Waals surface area contributed by atoms with Gasteiger partial charge in [0.1, 0.15) is 0 Å². The van der Waals surface area contributed by atoms with Crippen LogP contribution in [0.3, 0.4) is 0 Å². The van der Waals surface area contributed by atoms with Gasteiger partial charge in [-0.2, -0.15) is 0 Å². The summed E-state index contributed by atoms with van der Waals surface area (Å²) in [6, 6.07) is 4.86. The number of nitrogens with zero attached hydrogens (tertiary/aromatic N) is 1. The first kappa shape index (κ1) is 15.0. The van der Waals surface area contributed by atoms with Crippen LogP contribution >= 0.6 is 0 Å². The smallest absolute Gasteiger partial charge is 0.307 e. The van der Waals surface area contributed by atoms with Crippen LogP contribution in [0.2, 0.25) is 0 Å². The average Bonchev–Trinajstić information content (AvgIpc) is 2.64. The second kappa shape index (κ2) is 5.95. The minimum absolute atomic E-state index is 0.132. The molecular weight excluding hydrogens is 272 g/mol. The molecule has 1 atom stereocenters. The quantitative estimate of drug-likeness (QED) is 0.659. The normalized spacial score (nSPS) is 14.9. The molecule has 0 bridgehead atoms. The molecule has 112 valence electrons. The van der Waals surface area contributed by atoms with Crippen LogP contribution in [0.5, 0.6) is 0 Å². The van der Waals surface area contributed by atoms with Gasteiger partial charge in [-0.25, -0.2) is 0 Å². The summed E-state index contributed by atoms with van der Waals surface area (Å²) in [4.78, 5) is 36.2. The number of rotatable bonds is 5. The molecule has 1 unspecified atom stereocenters. The number of ether oxygens (including phenoxy) is 1. The van der Waals surface area contributed by atoms with Crippen molar-refractivity contribution in [2.24, 2.45) is 0 Å². The maximum absolute atomic E-state index is 11.9. The summed E-state index contributed by atoms with van der Waals surface area (Å²) in [5.74, 6) is -0.873. The minimum Gasteiger partial charge on any atom is -0.466 e. The van der Waals surface area contributed by atoms with Gasteiger partial charge < -0.3 is 10.1 Å². The molecule has 1 heterocycles. The van der Waals surface area contributed by atoms with Gasteiger partial charge in [0, 0.05) is 18.8 Å². The van der Waals surface area contributed by atoms with Gasteiger partial charge in [0.25, 0.3) is 11.8 Å². The lowest BCUT2D eigenvalue weighted by atomic mass is 10.1. The fraction of sp³-hybridized carbons (Fsp3) is 0.400. The number of fused-ring (bicyclic) bond motifs is 1. The van der Waals surface area contributed by atoms with E-state index in [1.165, 1.54) is 7.05 Å². The fourth-order valence-electron chi connectivity index (χ4n) is 2.26. The first-order chi connectivity index (χ1) is 9.93. The van der Waals surface area contributed by atoms with Crippen molar-refractivity contribution in [2.45, 2.75) is 26.3 Å². The number of esters is 1. The zero-order valence-electron chi connectivity index (χ0n) is 12.3.